The van der Waals surface area contributed by atoms with Crippen molar-refractivity contribution in [3.8, 4) is 0 Å². The van der Waals surface area contributed by atoms with Crippen molar-refractivity contribution in [3.63, 3.8) is 0 Å². The third-order valence-corrected chi connectivity index (χ3v) is 4.36. The zero-order valence-electron chi connectivity index (χ0n) is 13.9. The van der Waals surface area contributed by atoms with Gasteiger partial charge < -0.3 is 9.80 Å². The number of piperidine rings is 1. The first-order valence-electron chi connectivity index (χ1n) is 8.35. The summed E-state index contributed by atoms with van der Waals surface area (Å²) in [5.41, 5.74) is 2.62. The number of hydrogen-bond donors (Lipinski definition) is 0. The molecule has 0 aromatic heterocycles. The lowest BCUT2D eigenvalue weighted by Gasteiger charge is -2.27. The Balaban J connectivity index is 1.68. The number of anilines is 1. The second kappa shape index (κ2) is 7.30. The number of carbonyl (C=O) groups excluding carboxylic acids is 2. The first-order chi connectivity index (χ1) is 11.6. The molecule has 0 radical (unpaired) electrons. The minimum absolute atomic E-state index is 0.0182. The Labute approximate surface area is 142 Å². The number of nitrogens with zero attached hydrogens (tertiary/aromatic N) is 2. The van der Waals surface area contributed by atoms with Crippen LogP contribution in [0.4, 0.5) is 5.69 Å². The smallest absolute Gasteiger partial charge is 0.253 e. The van der Waals surface area contributed by atoms with Crippen LogP contribution < -0.4 is 4.90 Å². The normalized spacial score (nSPS) is 14.5. The van der Waals surface area contributed by atoms with Crippen LogP contribution in [0.15, 0.2) is 54.6 Å². The van der Waals surface area contributed by atoms with Gasteiger partial charge in [-0.3, -0.25) is 9.59 Å². The Morgan fingerprint density at radius 2 is 1.75 bits per heavy atom. The predicted octanol–water partition coefficient (Wildman–Crippen LogP) is 3.48. The quantitative estimate of drug-likeness (QED) is 0.865. The Morgan fingerprint density at radius 3 is 2.42 bits per heavy atom. The molecule has 24 heavy (non-hydrogen) atoms. The summed E-state index contributed by atoms with van der Waals surface area (Å²) in [6, 6.07) is 17.3. The third kappa shape index (κ3) is 3.65. The predicted molar refractivity (Wildman–Crippen MR) is 94.9 cm³/mol. The highest BCUT2D eigenvalue weighted by molar-refractivity contribution is 5.96. The Bertz CT molecular complexity index is 710. The van der Waals surface area contributed by atoms with Crippen LogP contribution in [0, 0.1) is 0 Å². The summed E-state index contributed by atoms with van der Waals surface area (Å²) in [4.78, 5) is 28.0. The SMILES string of the molecule is CN(Cc1ccccc1)C(=O)c1ccc(N2CCCCC2=O)cc1. The molecule has 124 valence electrons. The molecule has 2 amide bonds. The van der Waals surface area contributed by atoms with E-state index in [0.717, 1.165) is 30.6 Å². The first kappa shape index (κ1) is 16.2. The van der Waals surface area contributed by atoms with E-state index in [1.54, 1.807) is 24.1 Å². The van der Waals surface area contributed by atoms with E-state index >= 15 is 0 Å². The minimum atomic E-state index is -0.0182. The summed E-state index contributed by atoms with van der Waals surface area (Å²) in [7, 11) is 1.80. The molecule has 0 saturated carbocycles. The monoisotopic (exact) mass is 322 g/mol. The van der Waals surface area contributed by atoms with Crippen LogP contribution in [-0.2, 0) is 11.3 Å². The van der Waals surface area contributed by atoms with Crippen molar-refractivity contribution in [3.05, 3.63) is 65.7 Å². The maximum Gasteiger partial charge on any atom is 0.253 e. The van der Waals surface area contributed by atoms with Gasteiger partial charge in [-0.2, -0.15) is 0 Å². The molecule has 4 heteroatoms. The molecular weight excluding hydrogens is 300 g/mol. The summed E-state index contributed by atoms with van der Waals surface area (Å²) in [5.74, 6) is 0.150. The second-order valence-electron chi connectivity index (χ2n) is 6.20. The van der Waals surface area contributed by atoms with Crippen LogP contribution in [-0.4, -0.2) is 30.3 Å². The summed E-state index contributed by atoms with van der Waals surface area (Å²) in [6.07, 6.45) is 2.61. The van der Waals surface area contributed by atoms with E-state index < -0.39 is 0 Å². The Hall–Kier alpha value is -2.62. The highest BCUT2D eigenvalue weighted by atomic mass is 16.2. The van der Waals surface area contributed by atoms with Crippen molar-refractivity contribution in [1.29, 1.82) is 0 Å². The van der Waals surface area contributed by atoms with Crippen molar-refractivity contribution in [2.24, 2.45) is 0 Å². The van der Waals surface area contributed by atoms with Gasteiger partial charge >= 0.3 is 0 Å². The van der Waals surface area contributed by atoms with Gasteiger partial charge in [-0.25, -0.2) is 0 Å². The summed E-state index contributed by atoms with van der Waals surface area (Å²) >= 11 is 0. The maximum atomic E-state index is 12.5. The third-order valence-electron chi connectivity index (χ3n) is 4.36. The van der Waals surface area contributed by atoms with E-state index in [1.165, 1.54) is 0 Å². The van der Waals surface area contributed by atoms with Crippen LogP contribution in [0.3, 0.4) is 0 Å². The molecule has 0 bridgehead atoms. The molecule has 0 spiro atoms. The molecule has 2 aromatic rings. The van der Waals surface area contributed by atoms with Gasteiger partial charge in [0.05, 0.1) is 0 Å². The van der Waals surface area contributed by atoms with Crippen molar-refractivity contribution in [1.82, 2.24) is 4.90 Å². The number of amides is 2. The van der Waals surface area contributed by atoms with Gasteiger partial charge in [0.1, 0.15) is 0 Å². The van der Waals surface area contributed by atoms with E-state index in [9.17, 15) is 9.59 Å². The van der Waals surface area contributed by atoms with Crippen molar-refractivity contribution >= 4 is 17.5 Å². The van der Waals surface area contributed by atoms with E-state index in [4.69, 9.17) is 0 Å². The molecule has 1 fully saturated rings. The van der Waals surface area contributed by atoms with E-state index in [1.807, 2.05) is 47.4 Å². The zero-order chi connectivity index (χ0) is 16.9. The van der Waals surface area contributed by atoms with Crippen LogP contribution in [0.2, 0.25) is 0 Å². The fourth-order valence-corrected chi connectivity index (χ4v) is 3.01. The lowest BCUT2D eigenvalue weighted by atomic mass is 10.1. The highest BCUT2D eigenvalue weighted by Gasteiger charge is 2.20. The average molecular weight is 322 g/mol. The van der Waals surface area contributed by atoms with Crippen molar-refractivity contribution < 1.29 is 9.59 Å². The van der Waals surface area contributed by atoms with Crippen LogP contribution in [0.5, 0.6) is 0 Å². The lowest BCUT2D eigenvalue weighted by molar-refractivity contribution is -0.119. The van der Waals surface area contributed by atoms with Crippen LogP contribution in [0.25, 0.3) is 0 Å². The van der Waals surface area contributed by atoms with Gasteiger partial charge in [0, 0.05) is 37.8 Å². The molecule has 0 unspecified atom stereocenters. The average Bonchev–Trinajstić information content (AvgIpc) is 2.62. The van der Waals surface area contributed by atoms with Gasteiger partial charge in [-0.05, 0) is 42.7 Å². The molecule has 1 heterocycles. The van der Waals surface area contributed by atoms with Crippen molar-refractivity contribution in [2.75, 3.05) is 18.5 Å². The van der Waals surface area contributed by atoms with Gasteiger partial charge in [-0.1, -0.05) is 30.3 Å². The van der Waals surface area contributed by atoms with Gasteiger partial charge in [0.15, 0.2) is 0 Å². The second-order valence-corrected chi connectivity index (χ2v) is 6.20. The molecule has 2 aromatic carbocycles. The van der Waals surface area contributed by atoms with E-state index in [2.05, 4.69) is 0 Å². The molecule has 1 aliphatic rings. The molecule has 1 saturated heterocycles. The summed E-state index contributed by atoms with van der Waals surface area (Å²) in [6.45, 7) is 1.34. The summed E-state index contributed by atoms with van der Waals surface area (Å²) in [5, 5.41) is 0. The fraction of sp³-hybridized carbons (Fsp3) is 0.300. The van der Waals surface area contributed by atoms with E-state index in [0.29, 0.717) is 18.5 Å². The largest absolute Gasteiger partial charge is 0.337 e. The minimum Gasteiger partial charge on any atom is -0.337 e. The lowest BCUT2D eigenvalue weighted by Crippen LogP contribution is -2.35. The van der Waals surface area contributed by atoms with Crippen LogP contribution in [0.1, 0.15) is 35.2 Å². The van der Waals surface area contributed by atoms with Gasteiger partial charge in [0.25, 0.3) is 5.91 Å². The zero-order valence-corrected chi connectivity index (χ0v) is 13.9. The first-order valence-corrected chi connectivity index (χ1v) is 8.35. The molecule has 0 atom stereocenters. The maximum absolute atomic E-state index is 12.5. The summed E-state index contributed by atoms with van der Waals surface area (Å²) < 4.78 is 0. The molecular formula is C20H22N2O2. The van der Waals surface area contributed by atoms with Crippen molar-refractivity contribution in [2.45, 2.75) is 25.8 Å². The fourth-order valence-electron chi connectivity index (χ4n) is 3.01. The number of benzene rings is 2. The Morgan fingerprint density at radius 1 is 1.04 bits per heavy atom. The Kier molecular flexibility index (Phi) is 4.94. The topological polar surface area (TPSA) is 40.6 Å². The standard InChI is InChI=1S/C20H22N2O2/c1-21(15-16-7-3-2-4-8-16)20(24)17-10-12-18(13-11-17)22-14-6-5-9-19(22)23/h2-4,7-8,10-13H,5-6,9,14-15H2,1H3. The molecule has 3 rings (SSSR count). The molecule has 0 aliphatic carbocycles. The number of carbonyl (C=O) groups is 2. The molecule has 4 nitrogen and oxygen atoms in total. The van der Waals surface area contributed by atoms with Gasteiger partial charge in [0.2, 0.25) is 5.91 Å². The van der Waals surface area contributed by atoms with E-state index in [-0.39, 0.29) is 11.8 Å². The van der Waals surface area contributed by atoms with Gasteiger partial charge in [-0.15, -0.1) is 0 Å². The highest BCUT2D eigenvalue weighted by Crippen LogP contribution is 2.21. The molecule has 1 aliphatic heterocycles. The number of hydrogen-bond acceptors (Lipinski definition) is 2. The number of rotatable bonds is 4. The molecule has 0 N–H and O–H groups in total. The van der Waals surface area contributed by atoms with Crippen LogP contribution >= 0.6 is 0 Å².